The summed E-state index contributed by atoms with van der Waals surface area (Å²) in [6.45, 7) is 7.22. The number of hydrogen-bond acceptors (Lipinski definition) is 5. The van der Waals surface area contributed by atoms with E-state index < -0.39 is 11.7 Å². The Morgan fingerprint density at radius 1 is 1.09 bits per heavy atom. The van der Waals surface area contributed by atoms with Crippen LogP contribution in [0.5, 0.6) is 0 Å². The molecule has 1 saturated heterocycles. The van der Waals surface area contributed by atoms with Gasteiger partial charge in [0.2, 0.25) is 0 Å². The first-order valence-corrected chi connectivity index (χ1v) is 11.2. The molecule has 0 amide bonds. The number of nitrogens with one attached hydrogen (secondary N) is 1. The fourth-order valence-corrected chi connectivity index (χ4v) is 4.69. The van der Waals surface area contributed by atoms with Crippen LogP contribution in [-0.4, -0.2) is 48.3 Å². The van der Waals surface area contributed by atoms with E-state index in [9.17, 15) is 13.2 Å². The van der Waals surface area contributed by atoms with Crippen molar-refractivity contribution in [3.05, 3.63) is 58.8 Å². The van der Waals surface area contributed by atoms with Gasteiger partial charge in [0.05, 0.1) is 17.3 Å². The molecule has 34 heavy (non-hydrogen) atoms. The molecule has 3 aromatic rings. The fourth-order valence-electron chi connectivity index (χ4n) is 4.69. The van der Waals surface area contributed by atoms with Crippen molar-refractivity contribution in [2.45, 2.75) is 45.5 Å². The number of fused-ring (bicyclic) bond motifs is 1. The second-order valence-corrected chi connectivity index (χ2v) is 9.10. The molecule has 0 aliphatic carbocycles. The van der Waals surface area contributed by atoms with Crippen molar-refractivity contribution in [2.24, 2.45) is 0 Å². The van der Waals surface area contributed by atoms with Gasteiger partial charge in [-0.2, -0.15) is 18.3 Å². The van der Waals surface area contributed by atoms with Crippen molar-refractivity contribution in [1.82, 2.24) is 15.1 Å². The molecule has 1 aliphatic rings. The van der Waals surface area contributed by atoms with E-state index in [1.807, 2.05) is 13.8 Å². The van der Waals surface area contributed by atoms with Crippen LogP contribution in [0.2, 0.25) is 0 Å². The SMILES string of the molecule is Cc1c(C(C)Nc2nnc(C)c3ccc(N4CC[C@@H](N(C)C)C4)cc23)cccc1C(F)(F)F.Cl. The molecule has 184 valence electrons. The van der Waals surface area contributed by atoms with E-state index in [-0.39, 0.29) is 24.0 Å². The van der Waals surface area contributed by atoms with Gasteiger partial charge in [0, 0.05) is 35.6 Å². The number of aryl methyl sites for hydroxylation is 1. The standard InChI is InChI=1S/C25H30F3N5.ClH/c1-15-20(7-6-8-23(15)25(26,27)28)16(2)29-24-22-13-18(9-10-21(22)17(3)30-31-24)33-12-11-19(14-33)32(4)5;/h6-10,13,16,19H,11-12,14H2,1-5H3,(H,29,31);1H/t16?,19-;/m1./s1. The first kappa shape index (κ1) is 26.0. The summed E-state index contributed by atoms with van der Waals surface area (Å²) in [5.74, 6) is 0.574. The van der Waals surface area contributed by atoms with Gasteiger partial charge in [-0.25, -0.2) is 0 Å². The van der Waals surface area contributed by atoms with Gasteiger partial charge < -0.3 is 15.1 Å². The van der Waals surface area contributed by atoms with Crippen molar-refractivity contribution in [1.29, 1.82) is 0 Å². The average molecular weight is 494 g/mol. The second kappa shape index (κ2) is 9.96. The normalized spacial score (nSPS) is 17.2. The van der Waals surface area contributed by atoms with Crippen LogP contribution in [-0.2, 0) is 6.18 Å². The van der Waals surface area contributed by atoms with Crippen LogP contribution in [0.3, 0.4) is 0 Å². The summed E-state index contributed by atoms with van der Waals surface area (Å²) >= 11 is 0. The van der Waals surface area contributed by atoms with E-state index in [0.29, 0.717) is 17.4 Å². The molecule has 4 rings (SSSR count). The average Bonchev–Trinajstić information content (AvgIpc) is 3.25. The Labute approximate surface area is 204 Å². The van der Waals surface area contributed by atoms with E-state index in [2.05, 4.69) is 57.6 Å². The van der Waals surface area contributed by atoms with E-state index >= 15 is 0 Å². The number of benzene rings is 2. The fraction of sp³-hybridized carbons (Fsp3) is 0.440. The molecule has 2 heterocycles. The minimum absolute atomic E-state index is 0. The maximum atomic E-state index is 13.4. The Hall–Kier alpha value is -2.58. The molecule has 1 unspecified atom stereocenters. The van der Waals surface area contributed by atoms with Crippen LogP contribution < -0.4 is 10.2 Å². The van der Waals surface area contributed by atoms with Gasteiger partial charge in [0.15, 0.2) is 5.82 Å². The number of rotatable bonds is 5. The lowest BCUT2D eigenvalue weighted by Crippen LogP contribution is -2.31. The maximum absolute atomic E-state index is 13.4. The molecular weight excluding hydrogens is 463 g/mol. The largest absolute Gasteiger partial charge is 0.416 e. The molecular formula is C25H31ClF3N5. The van der Waals surface area contributed by atoms with Crippen molar-refractivity contribution in [3.8, 4) is 0 Å². The number of nitrogens with zero attached hydrogens (tertiary/aromatic N) is 4. The van der Waals surface area contributed by atoms with Gasteiger partial charge in [0.25, 0.3) is 0 Å². The van der Waals surface area contributed by atoms with Gasteiger partial charge in [-0.1, -0.05) is 18.2 Å². The highest BCUT2D eigenvalue weighted by Crippen LogP contribution is 2.36. The molecule has 0 bridgehead atoms. The van der Waals surface area contributed by atoms with Gasteiger partial charge >= 0.3 is 6.18 Å². The Morgan fingerprint density at radius 3 is 2.47 bits per heavy atom. The zero-order valence-corrected chi connectivity index (χ0v) is 20.9. The predicted molar refractivity (Wildman–Crippen MR) is 134 cm³/mol. The number of likely N-dealkylation sites (N-methyl/N-ethyl adjacent to an activating group) is 1. The van der Waals surface area contributed by atoms with E-state index in [1.165, 1.54) is 13.0 Å². The van der Waals surface area contributed by atoms with Gasteiger partial charge in [-0.15, -0.1) is 17.5 Å². The number of hydrogen-bond donors (Lipinski definition) is 1. The molecule has 1 fully saturated rings. The molecule has 5 nitrogen and oxygen atoms in total. The van der Waals surface area contributed by atoms with Crippen molar-refractivity contribution >= 4 is 34.7 Å². The topological polar surface area (TPSA) is 44.3 Å². The molecule has 2 aromatic carbocycles. The van der Waals surface area contributed by atoms with Gasteiger partial charge in [-0.3, -0.25) is 0 Å². The minimum atomic E-state index is -4.38. The number of aromatic nitrogens is 2. The van der Waals surface area contributed by atoms with Crippen LogP contribution in [0.1, 0.15) is 41.8 Å². The lowest BCUT2D eigenvalue weighted by molar-refractivity contribution is -0.138. The van der Waals surface area contributed by atoms with Gasteiger partial charge in [0.1, 0.15) is 0 Å². The van der Waals surface area contributed by atoms with E-state index in [4.69, 9.17) is 0 Å². The summed E-state index contributed by atoms with van der Waals surface area (Å²) in [5, 5.41) is 13.9. The van der Waals surface area contributed by atoms with Crippen LogP contribution in [0.15, 0.2) is 36.4 Å². The highest BCUT2D eigenvalue weighted by atomic mass is 35.5. The lowest BCUT2D eigenvalue weighted by atomic mass is 9.97. The summed E-state index contributed by atoms with van der Waals surface area (Å²) in [5.41, 5.74) is 2.13. The number of anilines is 2. The molecule has 0 spiro atoms. The quantitative estimate of drug-likeness (QED) is 0.472. The molecule has 1 aliphatic heterocycles. The second-order valence-electron chi connectivity index (χ2n) is 9.10. The molecule has 0 radical (unpaired) electrons. The predicted octanol–water partition coefficient (Wildman–Crippen LogP) is 6.00. The first-order valence-electron chi connectivity index (χ1n) is 11.2. The Balaban J connectivity index is 0.00000324. The zero-order chi connectivity index (χ0) is 23.9. The smallest absolute Gasteiger partial charge is 0.370 e. The summed E-state index contributed by atoms with van der Waals surface area (Å²) < 4.78 is 40.2. The van der Waals surface area contributed by atoms with E-state index in [0.717, 1.165) is 47.7 Å². The molecule has 1 N–H and O–H groups in total. The third kappa shape index (κ3) is 5.08. The molecule has 1 aromatic heterocycles. The van der Waals surface area contributed by atoms with Crippen molar-refractivity contribution in [3.63, 3.8) is 0 Å². The highest BCUT2D eigenvalue weighted by Gasteiger charge is 2.33. The zero-order valence-electron chi connectivity index (χ0n) is 20.1. The van der Waals surface area contributed by atoms with Crippen LogP contribution in [0.25, 0.3) is 10.8 Å². The molecule has 0 saturated carbocycles. The van der Waals surface area contributed by atoms with Crippen LogP contribution >= 0.6 is 12.4 Å². The maximum Gasteiger partial charge on any atom is 0.416 e. The summed E-state index contributed by atoms with van der Waals surface area (Å²) in [6, 6.07) is 10.7. The summed E-state index contributed by atoms with van der Waals surface area (Å²) in [6.07, 6.45) is -3.28. The van der Waals surface area contributed by atoms with E-state index in [1.54, 1.807) is 6.07 Å². The minimum Gasteiger partial charge on any atom is -0.370 e. The Bertz CT molecular complexity index is 1170. The lowest BCUT2D eigenvalue weighted by Gasteiger charge is -2.23. The van der Waals surface area contributed by atoms with Gasteiger partial charge in [-0.05, 0) is 70.6 Å². The third-order valence-electron chi connectivity index (χ3n) is 6.71. The summed E-state index contributed by atoms with van der Waals surface area (Å²) in [7, 11) is 4.21. The van der Waals surface area contributed by atoms with Crippen molar-refractivity contribution < 1.29 is 13.2 Å². The Kier molecular flexibility index (Phi) is 7.62. The summed E-state index contributed by atoms with van der Waals surface area (Å²) in [4.78, 5) is 4.62. The number of halogens is 4. The molecule has 9 heteroatoms. The third-order valence-corrected chi connectivity index (χ3v) is 6.71. The monoisotopic (exact) mass is 493 g/mol. The number of alkyl halides is 3. The molecule has 2 atom stereocenters. The first-order chi connectivity index (χ1) is 15.6. The highest BCUT2D eigenvalue weighted by molar-refractivity contribution is 5.95. The van der Waals surface area contributed by atoms with Crippen molar-refractivity contribution in [2.75, 3.05) is 37.4 Å². The Morgan fingerprint density at radius 2 is 1.82 bits per heavy atom. The van der Waals surface area contributed by atoms with Crippen LogP contribution in [0.4, 0.5) is 24.7 Å². The van der Waals surface area contributed by atoms with Crippen LogP contribution in [0, 0.1) is 13.8 Å².